The van der Waals surface area contributed by atoms with Crippen molar-refractivity contribution >= 4 is 33.3 Å². The first-order valence-electron chi connectivity index (χ1n) is 12.8. The first-order valence-corrected chi connectivity index (χ1v) is 14.7. The van der Waals surface area contributed by atoms with E-state index in [2.05, 4.69) is 15.6 Å². The molecule has 0 spiro atoms. The number of imidazole rings is 1. The summed E-state index contributed by atoms with van der Waals surface area (Å²) in [6.45, 7) is 8.03. The van der Waals surface area contributed by atoms with Crippen LogP contribution >= 0.6 is 11.6 Å². The molecule has 4 rings (SSSR count). The first-order chi connectivity index (χ1) is 17.8. The summed E-state index contributed by atoms with van der Waals surface area (Å²) >= 11 is 5.90. The van der Waals surface area contributed by atoms with E-state index in [9.17, 15) is 23.1 Å². The van der Waals surface area contributed by atoms with Crippen LogP contribution in [-0.4, -0.2) is 81.1 Å². The minimum Gasteiger partial charge on any atom is -0.390 e. The Hall–Kier alpha value is -2.47. The fourth-order valence-corrected chi connectivity index (χ4v) is 7.43. The molecule has 1 aromatic heterocycles. The standard InChI is InChI=1S/C26H36ClN5O5S/c1-17(2)28-15-21(33)25(3,4)38(36,37)26(9-10-26)16-31-11-12-32-20(24(31)35)14-29-22(32)23(34)30-13-18-5-7-19(27)8-6-18/h5-8,14,17,21,28,33H,9-13,15-16H2,1-4H3,(H,30,34)/t21-/m1/s1. The lowest BCUT2D eigenvalue weighted by atomic mass is 10.1. The number of sulfone groups is 1. The lowest BCUT2D eigenvalue weighted by molar-refractivity contribution is 0.0697. The second-order valence-electron chi connectivity index (χ2n) is 11.0. The molecule has 2 heterocycles. The number of aromatic nitrogens is 2. The summed E-state index contributed by atoms with van der Waals surface area (Å²) in [5, 5.41) is 17.3. The minimum absolute atomic E-state index is 0.0468. The lowest BCUT2D eigenvalue weighted by Gasteiger charge is -2.37. The number of aliphatic hydroxyl groups is 1. The summed E-state index contributed by atoms with van der Waals surface area (Å²) in [6, 6.07) is 7.22. The zero-order valence-electron chi connectivity index (χ0n) is 22.2. The van der Waals surface area contributed by atoms with Crippen LogP contribution in [0.3, 0.4) is 0 Å². The molecular weight excluding hydrogens is 530 g/mol. The molecule has 0 unspecified atom stereocenters. The molecule has 0 radical (unpaired) electrons. The third-order valence-electron chi connectivity index (χ3n) is 7.60. The highest BCUT2D eigenvalue weighted by Gasteiger charge is 2.62. The van der Waals surface area contributed by atoms with E-state index in [4.69, 9.17) is 11.6 Å². The molecule has 1 aliphatic carbocycles. The summed E-state index contributed by atoms with van der Waals surface area (Å²) in [6.07, 6.45) is 1.14. The number of carbonyl (C=O) groups is 2. The summed E-state index contributed by atoms with van der Waals surface area (Å²) in [7, 11) is -3.80. The van der Waals surface area contributed by atoms with E-state index >= 15 is 0 Å². The molecule has 1 aromatic carbocycles. The van der Waals surface area contributed by atoms with E-state index in [1.165, 1.54) is 11.1 Å². The summed E-state index contributed by atoms with van der Waals surface area (Å²) in [5.74, 6) is -0.626. The highest BCUT2D eigenvalue weighted by atomic mass is 35.5. The van der Waals surface area contributed by atoms with Crippen LogP contribution in [0.4, 0.5) is 0 Å². The average Bonchev–Trinajstić information content (AvgIpc) is 3.53. The van der Waals surface area contributed by atoms with Crippen LogP contribution in [0.25, 0.3) is 0 Å². The van der Waals surface area contributed by atoms with Crippen molar-refractivity contribution in [1.29, 1.82) is 0 Å². The predicted octanol–water partition coefficient (Wildman–Crippen LogP) is 2.01. The number of benzene rings is 1. The number of carbonyl (C=O) groups excluding carboxylic acids is 2. The van der Waals surface area contributed by atoms with Crippen molar-refractivity contribution in [3.63, 3.8) is 0 Å². The normalized spacial score (nSPS) is 17.9. The van der Waals surface area contributed by atoms with E-state index < -0.39 is 31.3 Å². The van der Waals surface area contributed by atoms with Crippen LogP contribution in [-0.2, 0) is 22.9 Å². The van der Waals surface area contributed by atoms with Gasteiger partial charge in [0.1, 0.15) is 5.69 Å². The molecule has 3 N–H and O–H groups in total. The van der Waals surface area contributed by atoms with Gasteiger partial charge in [0.2, 0.25) is 0 Å². The van der Waals surface area contributed by atoms with Gasteiger partial charge < -0.3 is 25.2 Å². The zero-order valence-corrected chi connectivity index (χ0v) is 23.8. The molecule has 0 bridgehead atoms. The van der Waals surface area contributed by atoms with E-state index in [0.29, 0.717) is 24.4 Å². The molecule has 0 saturated heterocycles. The monoisotopic (exact) mass is 565 g/mol. The first kappa shape index (κ1) is 28.5. The second kappa shape index (κ2) is 10.6. The maximum atomic E-state index is 13.7. The van der Waals surface area contributed by atoms with Gasteiger partial charge >= 0.3 is 0 Å². The van der Waals surface area contributed by atoms with E-state index in [-0.39, 0.29) is 49.6 Å². The Balaban J connectivity index is 1.44. The number of hydrogen-bond acceptors (Lipinski definition) is 7. The Bertz CT molecular complexity index is 1300. The van der Waals surface area contributed by atoms with Gasteiger partial charge in [0, 0.05) is 43.8 Å². The zero-order chi connectivity index (χ0) is 27.9. The van der Waals surface area contributed by atoms with Crippen molar-refractivity contribution in [2.75, 3.05) is 19.6 Å². The van der Waals surface area contributed by atoms with Gasteiger partial charge in [0.05, 0.1) is 21.8 Å². The fourth-order valence-electron chi connectivity index (χ4n) is 4.78. The molecule has 2 amide bonds. The van der Waals surface area contributed by atoms with Crippen LogP contribution in [0.2, 0.25) is 5.02 Å². The van der Waals surface area contributed by atoms with Crippen molar-refractivity contribution in [2.24, 2.45) is 0 Å². The molecule has 208 valence electrons. The molecule has 2 aromatic rings. The number of amides is 2. The van der Waals surface area contributed by atoms with Crippen LogP contribution < -0.4 is 10.6 Å². The predicted molar refractivity (Wildman–Crippen MR) is 145 cm³/mol. The van der Waals surface area contributed by atoms with Gasteiger partial charge in [-0.2, -0.15) is 0 Å². The van der Waals surface area contributed by atoms with Crippen molar-refractivity contribution in [3.05, 3.63) is 52.6 Å². The Labute approximate surface area is 228 Å². The van der Waals surface area contributed by atoms with Crippen LogP contribution in [0.5, 0.6) is 0 Å². The van der Waals surface area contributed by atoms with E-state index in [0.717, 1.165) is 5.56 Å². The molecule has 2 aliphatic rings. The van der Waals surface area contributed by atoms with E-state index in [1.54, 1.807) is 30.5 Å². The second-order valence-corrected chi connectivity index (χ2v) is 14.4. The van der Waals surface area contributed by atoms with Crippen molar-refractivity contribution < 1.29 is 23.1 Å². The number of nitrogens with zero attached hydrogens (tertiary/aromatic N) is 3. The highest BCUT2D eigenvalue weighted by molar-refractivity contribution is 7.94. The molecule has 1 fully saturated rings. The highest BCUT2D eigenvalue weighted by Crippen LogP contribution is 2.49. The van der Waals surface area contributed by atoms with Gasteiger partial charge in [-0.3, -0.25) is 9.59 Å². The maximum Gasteiger partial charge on any atom is 0.287 e. The molecule has 1 saturated carbocycles. The number of hydrogen-bond donors (Lipinski definition) is 3. The number of rotatable bonds is 11. The Kier molecular flexibility index (Phi) is 7.96. The summed E-state index contributed by atoms with van der Waals surface area (Å²) < 4.78 is 26.6. The van der Waals surface area contributed by atoms with Gasteiger partial charge in [-0.25, -0.2) is 13.4 Å². The van der Waals surface area contributed by atoms with Gasteiger partial charge in [-0.05, 0) is 44.4 Å². The summed E-state index contributed by atoms with van der Waals surface area (Å²) in [4.78, 5) is 31.8. The van der Waals surface area contributed by atoms with Crippen molar-refractivity contribution in [3.8, 4) is 0 Å². The average molecular weight is 566 g/mol. The minimum atomic E-state index is -3.80. The quantitative estimate of drug-likeness (QED) is 0.379. The van der Waals surface area contributed by atoms with Gasteiger partial charge in [0.25, 0.3) is 11.8 Å². The molecule has 38 heavy (non-hydrogen) atoms. The number of nitrogens with one attached hydrogen (secondary N) is 2. The van der Waals surface area contributed by atoms with Crippen molar-refractivity contribution in [2.45, 2.75) is 75.3 Å². The Morgan fingerprint density at radius 2 is 1.87 bits per heavy atom. The maximum absolute atomic E-state index is 13.7. The third-order valence-corrected chi connectivity index (χ3v) is 11.2. The smallest absolute Gasteiger partial charge is 0.287 e. The van der Waals surface area contributed by atoms with Crippen LogP contribution in [0, 0.1) is 0 Å². The third kappa shape index (κ3) is 5.34. The lowest BCUT2D eigenvalue weighted by Crippen LogP contribution is -2.56. The summed E-state index contributed by atoms with van der Waals surface area (Å²) in [5.41, 5.74) is 1.13. The largest absolute Gasteiger partial charge is 0.390 e. The van der Waals surface area contributed by atoms with Crippen LogP contribution in [0.1, 0.15) is 67.2 Å². The number of aliphatic hydroxyl groups excluding tert-OH is 1. The number of halogens is 1. The van der Waals surface area contributed by atoms with Gasteiger partial charge in [-0.15, -0.1) is 0 Å². The SMILES string of the molecule is CC(C)NC[C@@H](O)C(C)(C)S(=O)(=O)C1(CN2CCn3c(cnc3C(=O)NCc3ccc(Cl)cc3)C2=O)CC1. The van der Waals surface area contributed by atoms with Crippen LogP contribution in [0.15, 0.2) is 30.5 Å². The Morgan fingerprint density at radius 1 is 1.21 bits per heavy atom. The molecule has 10 nitrogen and oxygen atoms in total. The topological polar surface area (TPSA) is 134 Å². The molecular formula is C26H36ClN5O5S. The molecule has 12 heteroatoms. The van der Waals surface area contributed by atoms with Gasteiger partial charge in [-0.1, -0.05) is 37.6 Å². The fraction of sp³-hybridized carbons (Fsp3) is 0.577. The number of fused-ring (bicyclic) bond motifs is 1. The molecule has 1 atom stereocenters. The Morgan fingerprint density at radius 3 is 2.47 bits per heavy atom. The van der Waals surface area contributed by atoms with Gasteiger partial charge in [0.15, 0.2) is 15.7 Å². The molecule has 1 aliphatic heterocycles. The van der Waals surface area contributed by atoms with Crippen molar-refractivity contribution in [1.82, 2.24) is 25.1 Å². The van der Waals surface area contributed by atoms with E-state index in [1.807, 2.05) is 26.0 Å².